The Hall–Kier alpha value is -2.70. The molecule has 0 radical (unpaired) electrons. The second-order valence-corrected chi connectivity index (χ2v) is 6.22. The lowest BCUT2D eigenvalue weighted by Crippen LogP contribution is -2.54. The van der Waals surface area contributed by atoms with Crippen molar-refractivity contribution in [3.63, 3.8) is 0 Å². The van der Waals surface area contributed by atoms with E-state index >= 15 is 0 Å². The molecule has 0 bridgehead atoms. The third-order valence-electron chi connectivity index (χ3n) is 4.32. The number of hydrogen-bond donors (Lipinski definition) is 1. The number of carbonyl (C=O) groups excluding carboxylic acids is 1. The first-order valence-corrected chi connectivity index (χ1v) is 9.16. The van der Waals surface area contributed by atoms with E-state index in [0.29, 0.717) is 18.8 Å². The standard InChI is InChI=1S/C19H26N4O3/c1-2-8-20-19(21-9-7-16-5-3-14-25-16)23-12-10-22(11-13-23)18(24)17-6-4-15-26-17/h3-6,14-15H,2,7-13H2,1H3,(H,20,21). The Kier molecular flexibility index (Phi) is 6.35. The van der Waals surface area contributed by atoms with Crippen molar-refractivity contribution in [2.45, 2.75) is 19.8 Å². The normalized spacial score (nSPS) is 15.3. The Morgan fingerprint density at radius 3 is 2.50 bits per heavy atom. The number of hydrogen-bond acceptors (Lipinski definition) is 4. The molecule has 2 aromatic rings. The van der Waals surface area contributed by atoms with E-state index in [1.165, 1.54) is 6.26 Å². The van der Waals surface area contributed by atoms with Gasteiger partial charge in [-0.1, -0.05) is 6.92 Å². The largest absolute Gasteiger partial charge is 0.469 e. The van der Waals surface area contributed by atoms with Crippen molar-refractivity contribution in [3.8, 4) is 0 Å². The summed E-state index contributed by atoms with van der Waals surface area (Å²) in [5, 5.41) is 3.43. The van der Waals surface area contributed by atoms with Crippen LogP contribution in [0, 0.1) is 0 Å². The van der Waals surface area contributed by atoms with Crippen LogP contribution in [0.5, 0.6) is 0 Å². The van der Waals surface area contributed by atoms with Crippen LogP contribution in [0.2, 0.25) is 0 Å². The topological polar surface area (TPSA) is 74.2 Å². The first kappa shape index (κ1) is 18.1. The molecular formula is C19H26N4O3. The van der Waals surface area contributed by atoms with Crippen LogP contribution in [-0.4, -0.2) is 60.9 Å². The van der Waals surface area contributed by atoms with E-state index in [1.54, 1.807) is 18.4 Å². The molecule has 0 saturated carbocycles. The van der Waals surface area contributed by atoms with Crippen LogP contribution in [-0.2, 0) is 6.42 Å². The Bertz CT molecular complexity index is 686. The van der Waals surface area contributed by atoms with E-state index in [4.69, 9.17) is 8.83 Å². The highest BCUT2D eigenvalue weighted by molar-refractivity contribution is 5.91. The molecule has 3 heterocycles. The van der Waals surface area contributed by atoms with Crippen molar-refractivity contribution in [2.24, 2.45) is 4.99 Å². The zero-order valence-electron chi connectivity index (χ0n) is 15.2. The fourth-order valence-corrected chi connectivity index (χ4v) is 2.92. The lowest BCUT2D eigenvalue weighted by Gasteiger charge is -2.36. The summed E-state index contributed by atoms with van der Waals surface area (Å²) in [5.41, 5.74) is 0. The lowest BCUT2D eigenvalue weighted by molar-refractivity contribution is 0.0657. The summed E-state index contributed by atoms with van der Waals surface area (Å²) in [6.45, 7) is 6.49. The Balaban J connectivity index is 1.52. The van der Waals surface area contributed by atoms with Crippen molar-refractivity contribution in [1.82, 2.24) is 15.1 Å². The van der Waals surface area contributed by atoms with E-state index in [-0.39, 0.29) is 5.91 Å². The summed E-state index contributed by atoms with van der Waals surface area (Å²) in [7, 11) is 0. The van der Waals surface area contributed by atoms with Crippen LogP contribution in [0.4, 0.5) is 0 Å². The smallest absolute Gasteiger partial charge is 0.289 e. The summed E-state index contributed by atoms with van der Waals surface area (Å²) in [5.74, 6) is 2.21. The highest BCUT2D eigenvalue weighted by atomic mass is 16.3. The molecule has 1 saturated heterocycles. The number of piperazine rings is 1. The minimum Gasteiger partial charge on any atom is -0.469 e. The number of aliphatic imine (C=N–C) groups is 1. The molecule has 7 nitrogen and oxygen atoms in total. The number of guanidine groups is 1. The third-order valence-corrected chi connectivity index (χ3v) is 4.32. The molecule has 1 fully saturated rings. The van der Waals surface area contributed by atoms with Crippen molar-refractivity contribution in [3.05, 3.63) is 48.3 Å². The Morgan fingerprint density at radius 2 is 1.85 bits per heavy atom. The molecule has 0 aliphatic carbocycles. The van der Waals surface area contributed by atoms with Gasteiger partial charge in [-0.3, -0.25) is 9.79 Å². The highest BCUT2D eigenvalue weighted by Gasteiger charge is 2.25. The van der Waals surface area contributed by atoms with Gasteiger partial charge in [-0.15, -0.1) is 0 Å². The molecule has 7 heteroatoms. The lowest BCUT2D eigenvalue weighted by atomic mass is 10.3. The maximum Gasteiger partial charge on any atom is 0.289 e. The van der Waals surface area contributed by atoms with Gasteiger partial charge in [0.25, 0.3) is 5.91 Å². The van der Waals surface area contributed by atoms with Crippen molar-refractivity contribution < 1.29 is 13.6 Å². The number of nitrogens with one attached hydrogen (secondary N) is 1. The number of nitrogens with zero attached hydrogens (tertiary/aromatic N) is 3. The molecule has 0 aromatic carbocycles. The van der Waals surface area contributed by atoms with Crippen LogP contribution < -0.4 is 5.32 Å². The van der Waals surface area contributed by atoms with Crippen molar-refractivity contribution >= 4 is 11.9 Å². The van der Waals surface area contributed by atoms with Gasteiger partial charge >= 0.3 is 0 Å². The third kappa shape index (κ3) is 4.68. The molecule has 3 rings (SSSR count). The van der Waals surface area contributed by atoms with E-state index in [1.807, 2.05) is 17.0 Å². The monoisotopic (exact) mass is 358 g/mol. The van der Waals surface area contributed by atoms with Crippen LogP contribution >= 0.6 is 0 Å². The van der Waals surface area contributed by atoms with Crippen LogP contribution in [0.3, 0.4) is 0 Å². The minimum absolute atomic E-state index is 0.0486. The molecule has 1 aliphatic heterocycles. The van der Waals surface area contributed by atoms with Gasteiger partial charge in [0.15, 0.2) is 11.7 Å². The molecule has 0 spiro atoms. The second-order valence-electron chi connectivity index (χ2n) is 6.22. The van der Waals surface area contributed by atoms with E-state index in [0.717, 1.165) is 50.7 Å². The minimum atomic E-state index is -0.0486. The first-order valence-electron chi connectivity index (χ1n) is 9.16. The van der Waals surface area contributed by atoms with E-state index in [9.17, 15) is 4.79 Å². The molecule has 1 N–H and O–H groups in total. The molecule has 0 unspecified atom stereocenters. The fourth-order valence-electron chi connectivity index (χ4n) is 2.92. The Labute approximate surface area is 153 Å². The summed E-state index contributed by atoms with van der Waals surface area (Å²) in [6, 6.07) is 7.32. The fraction of sp³-hybridized carbons (Fsp3) is 0.474. The number of rotatable bonds is 6. The first-order chi connectivity index (χ1) is 12.8. The van der Waals surface area contributed by atoms with Crippen LogP contribution in [0.15, 0.2) is 50.6 Å². The number of carbonyl (C=O) groups is 1. The molecule has 1 amide bonds. The highest BCUT2D eigenvalue weighted by Crippen LogP contribution is 2.10. The van der Waals surface area contributed by atoms with Crippen molar-refractivity contribution in [1.29, 1.82) is 0 Å². The van der Waals surface area contributed by atoms with Crippen molar-refractivity contribution in [2.75, 3.05) is 39.3 Å². The molecule has 2 aromatic heterocycles. The van der Waals surface area contributed by atoms with E-state index in [2.05, 4.69) is 22.1 Å². The van der Waals surface area contributed by atoms with Gasteiger partial charge in [0.05, 0.1) is 12.5 Å². The van der Waals surface area contributed by atoms with Gasteiger partial charge in [-0.25, -0.2) is 0 Å². The van der Waals surface area contributed by atoms with Crippen LogP contribution in [0.1, 0.15) is 29.7 Å². The average molecular weight is 358 g/mol. The SMILES string of the molecule is CCCN=C(NCCc1ccco1)N1CCN(C(=O)c2ccco2)CC1. The summed E-state index contributed by atoms with van der Waals surface area (Å²) in [6.07, 6.45) is 5.04. The molecular weight excluding hydrogens is 332 g/mol. The quantitative estimate of drug-likeness (QED) is 0.633. The second kappa shape index (κ2) is 9.12. The maximum atomic E-state index is 12.4. The predicted molar refractivity (Wildman–Crippen MR) is 99.2 cm³/mol. The summed E-state index contributed by atoms with van der Waals surface area (Å²) < 4.78 is 10.6. The number of amides is 1. The summed E-state index contributed by atoms with van der Waals surface area (Å²) >= 11 is 0. The molecule has 0 atom stereocenters. The maximum absolute atomic E-state index is 12.4. The summed E-state index contributed by atoms with van der Waals surface area (Å²) in [4.78, 5) is 21.1. The Morgan fingerprint density at radius 1 is 1.12 bits per heavy atom. The number of furan rings is 2. The van der Waals surface area contributed by atoms with Gasteiger partial charge in [-0.05, 0) is 30.7 Å². The average Bonchev–Trinajstić information content (AvgIpc) is 3.38. The van der Waals surface area contributed by atoms with Gasteiger partial charge in [0, 0.05) is 45.7 Å². The van der Waals surface area contributed by atoms with Gasteiger partial charge < -0.3 is 24.0 Å². The van der Waals surface area contributed by atoms with Gasteiger partial charge in [0.2, 0.25) is 0 Å². The molecule has 1 aliphatic rings. The zero-order chi connectivity index (χ0) is 18.2. The van der Waals surface area contributed by atoms with Gasteiger partial charge in [0.1, 0.15) is 5.76 Å². The predicted octanol–water partition coefficient (Wildman–Crippen LogP) is 2.23. The zero-order valence-corrected chi connectivity index (χ0v) is 15.2. The molecule has 26 heavy (non-hydrogen) atoms. The van der Waals surface area contributed by atoms with E-state index < -0.39 is 0 Å². The van der Waals surface area contributed by atoms with Crippen LogP contribution in [0.25, 0.3) is 0 Å². The van der Waals surface area contributed by atoms with Gasteiger partial charge in [-0.2, -0.15) is 0 Å². The molecule has 140 valence electrons.